The minimum absolute atomic E-state index is 0.0197. The van der Waals surface area contributed by atoms with Crippen molar-refractivity contribution in [2.45, 2.75) is 43.7 Å². The van der Waals surface area contributed by atoms with Gasteiger partial charge in [-0.1, -0.05) is 12.8 Å². The second-order valence-electron chi connectivity index (χ2n) is 6.89. The zero-order chi connectivity index (χ0) is 17.2. The fourth-order valence-electron chi connectivity index (χ4n) is 4.49. The molecule has 1 aliphatic carbocycles. The predicted molar refractivity (Wildman–Crippen MR) is 91.0 cm³/mol. The summed E-state index contributed by atoms with van der Waals surface area (Å²) in [5, 5.41) is 20.5. The van der Waals surface area contributed by atoms with Gasteiger partial charge in [0.1, 0.15) is 11.5 Å². The quantitative estimate of drug-likeness (QED) is 0.860. The van der Waals surface area contributed by atoms with Crippen molar-refractivity contribution >= 4 is 0 Å². The summed E-state index contributed by atoms with van der Waals surface area (Å²) in [4.78, 5) is 2.18. The standard InChI is InChI=1S/C19H26N2O3/c1-23-14-6-7-17(24-2)15(13-14)18-16-5-3-4-8-19(16,22)9-11-21(18)12-10-20/h6-7,13,16,18,22H,3-5,8-9,11-12H2,1-2H3. The number of rotatable bonds is 4. The molecule has 0 bridgehead atoms. The monoisotopic (exact) mass is 330 g/mol. The van der Waals surface area contributed by atoms with E-state index in [1.54, 1.807) is 14.2 Å². The van der Waals surface area contributed by atoms with Crippen LogP contribution < -0.4 is 9.47 Å². The molecule has 5 nitrogen and oxygen atoms in total. The Kier molecular flexibility index (Phi) is 4.98. The van der Waals surface area contributed by atoms with Crippen LogP contribution in [0.1, 0.15) is 43.7 Å². The predicted octanol–water partition coefficient (Wildman–Crippen LogP) is 2.90. The Hall–Kier alpha value is -1.77. The second kappa shape index (κ2) is 7.00. The van der Waals surface area contributed by atoms with Crippen molar-refractivity contribution in [2.75, 3.05) is 27.3 Å². The van der Waals surface area contributed by atoms with Crippen molar-refractivity contribution in [1.82, 2.24) is 4.90 Å². The summed E-state index contributed by atoms with van der Waals surface area (Å²) in [7, 11) is 3.31. The van der Waals surface area contributed by atoms with Crippen molar-refractivity contribution in [1.29, 1.82) is 5.26 Å². The molecule has 5 heteroatoms. The minimum Gasteiger partial charge on any atom is -0.497 e. The molecule has 3 atom stereocenters. The topological polar surface area (TPSA) is 65.7 Å². The Balaban J connectivity index is 2.07. The van der Waals surface area contributed by atoms with Crippen molar-refractivity contribution in [2.24, 2.45) is 5.92 Å². The van der Waals surface area contributed by atoms with E-state index in [2.05, 4.69) is 11.0 Å². The fourth-order valence-corrected chi connectivity index (χ4v) is 4.49. The maximum atomic E-state index is 11.2. The fraction of sp³-hybridized carbons (Fsp3) is 0.632. The van der Waals surface area contributed by atoms with Gasteiger partial charge in [0.05, 0.1) is 32.4 Å². The van der Waals surface area contributed by atoms with Crippen molar-refractivity contribution in [3.05, 3.63) is 23.8 Å². The minimum atomic E-state index is -0.636. The number of nitriles is 1. The van der Waals surface area contributed by atoms with Crippen LogP contribution in [0.4, 0.5) is 0 Å². The van der Waals surface area contributed by atoms with Crippen LogP contribution in [0.5, 0.6) is 11.5 Å². The molecule has 1 saturated heterocycles. The third-order valence-electron chi connectivity index (χ3n) is 5.70. The van der Waals surface area contributed by atoms with Crippen molar-refractivity contribution in [3.8, 4) is 17.6 Å². The molecule has 0 aromatic heterocycles. The first-order valence-electron chi connectivity index (χ1n) is 8.68. The summed E-state index contributed by atoms with van der Waals surface area (Å²) in [6, 6.07) is 8.05. The Morgan fingerprint density at radius 1 is 1.29 bits per heavy atom. The lowest BCUT2D eigenvalue weighted by Gasteiger charge is -2.52. The van der Waals surface area contributed by atoms with Crippen LogP contribution in [0.25, 0.3) is 0 Å². The lowest BCUT2D eigenvalue weighted by Crippen LogP contribution is -2.54. The van der Waals surface area contributed by atoms with Crippen LogP contribution in [0.15, 0.2) is 18.2 Å². The summed E-state index contributed by atoms with van der Waals surface area (Å²) in [5.41, 5.74) is 0.375. The lowest BCUT2D eigenvalue weighted by atomic mass is 9.66. The van der Waals surface area contributed by atoms with Crippen LogP contribution in [0.3, 0.4) is 0 Å². The van der Waals surface area contributed by atoms with Crippen molar-refractivity contribution in [3.63, 3.8) is 0 Å². The summed E-state index contributed by atoms with van der Waals surface area (Å²) < 4.78 is 11.0. The maximum Gasteiger partial charge on any atom is 0.123 e. The molecule has 0 amide bonds. The van der Waals surface area contributed by atoms with E-state index < -0.39 is 5.60 Å². The second-order valence-corrected chi connectivity index (χ2v) is 6.89. The van der Waals surface area contributed by atoms with E-state index in [1.807, 2.05) is 18.2 Å². The highest BCUT2D eigenvalue weighted by atomic mass is 16.5. The third kappa shape index (κ3) is 2.97. The summed E-state index contributed by atoms with van der Waals surface area (Å²) >= 11 is 0. The number of fused-ring (bicyclic) bond motifs is 1. The molecule has 24 heavy (non-hydrogen) atoms. The highest BCUT2D eigenvalue weighted by Crippen LogP contribution is 2.51. The van der Waals surface area contributed by atoms with Crippen molar-refractivity contribution < 1.29 is 14.6 Å². The van der Waals surface area contributed by atoms with Crippen LogP contribution in [-0.4, -0.2) is 42.9 Å². The smallest absolute Gasteiger partial charge is 0.123 e. The first kappa shape index (κ1) is 17.1. The highest BCUT2D eigenvalue weighted by molar-refractivity contribution is 5.43. The Labute approximate surface area is 143 Å². The summed E-state index contributed by atoms with van der Waals surface area (Å²) in [5.74, 6) is 1.68. The molecule has 1 aromatic carbocycles. The average molecular weight is 330 g/mol. The molecule has 2 aliphatic rings. The van der Waals surface area contributed by atoms with Gasteiger partial charge in [0.15, 0.2) is 0 Å². The van der Waals surface area contributed by atoms with E-state index in [0.717, 1.165) is 55.7 Å². The van der Waals surface area contributed by atoms with Gasteiger partial charge >= 0.3 is 0 Å². The van der Waals surface area contributed by atoms with Gasteiger partial charge in [-0.3, -0.25) is 4.90 Å². The molecule has 1 saturated carbocycles. The molecular weight excluding hydrogens is 304 g/mol. The molecule has 3 unspecified atom stereocenters. The molecule has 1 heterocycles. The van der Waals surface area contributed by atoms with Gasteiger partial charge in [-0.2, -0.15) is 5.26 Å². The van der Waals surface area contributed by atoms with Gasteiger partial charge in [0.2, 0.25) is 0 Å². The summed E-state index contributed by atoms with van der Waals surface area (Å²) in [6.45, 7) is 1.09. The Bertz CT molecular complexity index is 628. The molecule has 1 N–H and O–H groups in total. The largest absolute Gasteiger partial charge is 0.497 e. The van der Waals surface area contributed by atoms with E-state index >= 15 is 0 Å². The number of ether oxygens (including phenoxy) is 2. The van der Waals surface area contributed by atoms with E-state index in [4.69, 9.17) is 9.47 Å². The number of nitrogens with zero attached hydrogens (tertiary/aromatic N) is 2. The normalized spacial score (nSPS) is 30.2. The Morgan fingerprint density at radius 3 is 2.83 bits per heavy atom. The van der Waals surface area contributed by atoms with Gasteiger partial charge in [-0.25, -0.2) is 0 Å². The van der Waals surface area contributed by atoms with Gasteiger partial charge in [0.25, 0.3) is 0 Å². The molecule has 130 valence electrons. The van der Waals surface area contributed by atoms with Gasteiger partial charge < -0.3 is 14.6 Å². The average Bonchev–Trinajstić information content (AvgIpc) is 2.61. The highest BCUT2D eigenvalue weighted by Gasteiger charge is 2.49. The van der Waals surface area contributed by atoms with Crippen LogP contribution in [0, 0.1) is 17.2 Å². The number of hydrogen-bond donors (Lipinski definition) is 1. The molecule has 0 radical (unpaired) electrons. The van der Waals surface area contributed by atoms with E-state index in [0.29, 0.717) is 6.54 Å². The van der Waals surface area contributed by atoms with Crippen LogP contribution in [0.2, 0.25) is 0 Å². The van der Waals surface area contributed by atoms with E-state index in [-0.39, 0.29) is 12.0 Å². The molecule has 1 aliphatic heterocycles. The van der Waals surface area contributed by atoms with E-state index in [1.165, 1.54) is 0 Å². The Morgan fingerprint density at radius 2 is 2.12 bits per heavy atom. The first-order chi connectivity index (χ1) is 11.6. The van der Waals surface area contributed by atoms with Crippen LogP contribution >= 0.6 is 0 Å². The SMILES string of the molecule is COc1ccc(OC)c(C2C3CCCCC3(O)CCN2CC#N)c1. The zero-order valence-corrected chi connectivity index (χ0v) is 14.5. The first-order valence-corrected chi connectivity index (χ1v) is 8.68. The third-order valence-corrected chi connectivity index (χ3v) is 5.70. The number of methoxy groups -OCH3 is 2. The van der Waals surface area contributed by atoms with Crippen LogP contribution in [-0.2, 0) is 0 Å². The van der Waals surface area contributed by atoms with E-state index in [9.17, 15) is 10.4 Å². The summed E-state index contributed by atoms with van der Waals surface area (Å²) in [6.07, 6.45) is 4.76. The van der Waals surface area contributed by atoms with Gasteiger partial charge in [0, 0.05) is 24.1 Å². The zero-order valence-electron chi connectivity index (χ0n) is 14.5. The molecular formula is C19H26N2O3. The lowest BCUT2D eigenvalue weighted by molar-refractivity contribution is -0.122. The molecule has 1 aromatic rings. The molecule has 0 spiro atoms. The van der Waals surface area contributed by atoms with Gasteiger partial charge in [-0.15, -0.1) is 0 Å². The molecule has 2 fully saturated rings. The number of benzene rings is 1. The number of likely N-dealkylation sites (tertiary alicyclic amines) is 1. The number of aliphatic hydroxyl groups is 1. The maximum absolute atomic E-state index is 11.2. The number of piperidine rings is 1. The molecule has 3 rings (SSSR count). The van der Waals surface area contributed by atoms with Gasteiger partial charge in [-0.05, 0) is 37.5 Å². The number of hydrogen-bond acceptors (Lipinski definition) is 5.